The number of nitrogens with zero attached hydrogens (tertiary/aromatic N) is 2. The van der Waals surface area contributed by atoms with E-state index in [4.69, 9.17) is 4.74 Å². The van der Waals surface area contributed by atoms with Crippen molar-refractivity contribution in [2.24, 2.45) is 0 Å². The molecule has 3 rings (SSSR count). The second kappa shape index (κ2) is 8.30. The zero-order valence-electron chi connectivity index (χ0n) is 14.8. The van der Waals surface area contributed by atoms with Crippen LogP contribution in [0.1, 0.15) is 23.2 Å². The molecule has 9 nitrogen and oxygen atoms in total. The molecule has 2 amide bonds. The van der Waals surface area contributed by atoms with Gasteiger partial charge in [-0.1, -0.05) is 12.1 Å². The van der Waals surface area contributed by atoms with Crippen LogP contribution < -0.4 is 10.2 Å². The minimum absolute atomic E-state index is 0.0682. The molecule has 0 spiro atoms. The summed E-state index contributed by atoms with van der Waals surface area (Å²) in [5.41, 5.74) is 0.616. The van der Waals surface area contributed by atoms with Gasteiger partial charge in [-0.15, -0.1) is 0 Å². The number of para-hydroxylation sites is 1. The van der Waals surface area contributed by atoms with Gasteiger partial charge in [-0.2, -0.15) is 0 Å². The fraction of sp³-hybridized carbons (Fsp3) is 0.211. The molecule has 0 bridgehead atoms. The SMILES string of the molecule is O=C(COC(=O)c1ccccc1[N+](=O)[O-])Nc1ccc(N2CCCC2=O)cc1. The minimum atomic E-state index is -0.953. The van der Waals surface area contributed by atoms with Gasteiger partial charge in [-0.25, -0.2) is 4.79 Å². The number of carbonyl (C=O) groups excluding carboxylic acids is 3. The predicted molar refractivity (Wildman–Crippen MR) is 100 cm³/mol. The molecule has 0 unspecified atom stereocenters. The van der Waals surface area contributed by atoms with Gasteiger partial charge in [-0.3, -0.25) is 19.7 Å². The highest BCUT2D eigenvalue weighted by atomic mass is 16.6. The lowest BCUT2D eigenvalue weighted by Crippen LogP contribution is -2.24. The average Bonchev–Trinajstić information content (AvgIpc) is 3.12. The lowest BCUT2D eigenvalue weighted by molar-refractivity contribution is -0.385. The third kappa shape index (κ3) is 4.32. The summed E-state index contributed by atoms with van der Waals surface area (Å²) in [6, 6.07) is 12.1. The first-order valence-electron chi connectivity index (χ1n) is 8.56. The van der Waals surface area contributed by atoms with Crippen molar-refractivity contribution in [3.05, 3.63) is 64.2 Å². The van der Waals surface area contributed by atoms with Gasteiger partial charge < -0.3 is 15.0 Å². The Balaban J connectivity index is 1.55. The normalized spacial score (nSPS) is 13.3. The fourth-order valence-electron chi connectivity index (χ4n) is 2.86. The summed E-state index contributed by atoms with van der Waals surface area (Å²) in [5.74, 6) is -1.47. The van der Waals surface area contributed by atoms with E-state index in [1.807, 2.05) is 0 Å². The van der Waals surface area contributed by atoms with E-state index >= 15 is 0 Å². The summed E-state index contributed by atoms with van der Waals surface area (Å²) in [7, 11) is 0. The summed E-state index contributed by atoms with van der Waals surface area (Å²) < 4.78 is 4.86. The van der Waals surface area contributed by atoms with Crippen molar-refractivity contribution in [1.82, 2.24) is 0 Å². The molecule has 0 aromatic heterocycles. The summed E-state index contributed by atoms with van der Waals surface area (Å²) >= 11 is 0. The molecule has 2 aromatic carbocycles. The van der Waals surface area contributed by atoms with Crippen molar-refractivity contribution in [1.29, 1.82) is 0 Å². The van der Waals surface area contributed by atoms with Crippen LogP contribution in [0, 0.1) is 10.1 Å². The number of benzene rings is 2. The van der Waals surface area contributed by atoms with Gasteiger partial charge in [0.2, 0.25) is 5.91 Å². The molecule has 2 aromatic rings. The van der Waals surface area contributed by atoms with E-state index in [0.29, 0.717) is 18.7 Å². The third-order valence-corrected chi connectivity index (χ3v) is 4.19. The molecule has 1 aliphatic rings. The second-order valence-electron chi connectivity index (χ2n) is 6.09. The first-order valence-corrected chi connectivity index (χ1v) is 8.56. The van der Waals surface area contributed by atoms with Crippen molar-refractivity contribution >= 4 is 34.8 Å². The molecule has 9 heteroatoms. The number of nitrogens with one attached hydrogen (secondary N) is 1. The average molecular weight is 383 g/mol. The standard InChI is InChI=1S/C19H17N3O6/c23-17(12-28-19(25)15-4-1-2-5-16(15)22(26)27)20-13-7-9-14(10-8-13)21-11-3-6-18(21)24/h1-2,4-5,7-10H,3,6,11-12H2,(H,20,23). The summed E-state index contributed by atoms with van der Waals surface area (Å²) in [4.78, 5) is 47.6. The number of anilines is 2. The van der Waals surface area contributed by atoms with E-state index in [9.17, 15) is 24.5 Å². The number of carbonyl (C=O) groups is 3. The number of nitro groups is 1. The summed E-state index contributed by atoms with van der Waals surface area (Å²) in [6.07, 6.45) is 1.35. The fourth-order valence-corrected chi connectivity index (χ4v) is 2.86. The zero-order chi connectivity index (χ0) is 20.1. The Labute approximate surface area is 160 Å². The molecule has 0 saturated carbocycles. The number of ether oxygens (including phenoxy) is 1. The maximum absolute atomic E-state index is 12.0. The molecule has 1 N–H and O–H groups in total. The Hall–Kier alpha value is -3.75. The van der Waals surface area contributed by atoms with Gasteiger partial charge in [-0.05, 0) is 36.8 Å². The smallest absolute Gasteiger partial charge is 0.345 e. The van der Waals surface area contributed by atoms with E-state index < -0.39 is 23.4 Å². The molecule has 1 saturated heterocycles. The lowest BCUT2D eigenvalue weighted by atomic mass is 10.2. The molecule has 1 heterocycles. The molecular formula is C19H17N3O6. The van der Waals surface area contributed by atoms with Gasteiger partial charge >= 0.3 is 5.97 Å². The summed E-state index contributed by atoms with van der Waals surface area (Å²) in [5, 5.41) is 13.5. The van der Waals surface area contributed by atoms with Crippen molar-refractivity contribution in [3.63, 3.8) is 0 Å². The zero-order valence-corrected chi connectivity index (χ0v) is 14.8. The molecule has 0 aliphatic carbocycles. The van der Waals surface area contributed by atoms with Crippen LogP contribution in [-0.2, 0) is 14.3 Å². The van der Waals surface area contributed by atoms with Gasteiger partial charge in [0, 0.05) is 30.4 Å². The lowest BCUT2D eigenvalue weighted by Gasteiger charge is -2.16. The molecule has 144 valence electrons. The van der Waals surface area contributed by atoms with Crippen LogP contribution in [0.25, 0.3) is 0 Å². The quantitative estimate of drug-likeness (QED) is 0.465. The van der Waals surface area contributed by atoms with Crippen LogP contribution in [0.2, 0.25) is 0 Å². The van der Waals surface area contributed by atoms with E-state index in [2.05, 4.69) is 5.32 Å². The molecular weight excluding hydrogens is 366 g/mol. The minimum Gasteiger partial charge on any atom is -0.452 e. The van der Waals surface area contributed by atoms with Crippen LogP contribution in [0.4, 0.5) is 17.1 Å². The highest BCUT2D eigenvalue weighted by Crippen LogP contribution is 2.23. The number of hydrogen-bond donors (Lipinski definition) is 1. The Kier molecular flexibility index (Phi) is 5.64. The van der Waals surface area contributed by atoms with Crippen LogP contribution in [0.15, 0.2) is 48.5 Å². The van der Waals surface area contributed by atoms with Crippen LogP contribution in [-0.4, -0.2) is 35.9 Å². The molecule has 0 radical (unpaired) electrons. The number of rotatable bonds is 6. The molecule has 1 aliphatic heterocycles. The van der Waals surface area contributed by atoms with E-state index in [-0.39, 0.29) is 17.2 Å². The Morgan fingerprint density at radius 2 is 1.86 bits per heavy atom. The van der Waals surface area contributed by atoms with Crippen molar-refractivity contribution in [2.45, 2.75) is 12.8 Å². The third-order valence-electron chi connectivity index (χ3n) is 4.19. The maximum Gasteiger partial charge on any atom is 0.345 e. The van der Waals surface area contributed by atoms with E-state index in [0.717, 1.165) is 12.1 Å². The van der Waals surface area contributed by atoms with Crippen LogP contribution in [0.5, 0.6) is 0 Å². The van der Waals surface area contributed by atoms with E-state index in [1.165, 1.54) is 24.3 Å². The Bertz CT molecular complexity index is 926. The second-order valence-corrected chi connectivity index (χ2v) is 6.09. The number of esters is 1. The highest BCUT2D eigenvalue weighted by Gasteiger charge is 2.22. The first-order chi connectivity index (χ1) is 13.5. The van der Waals surface area contributed by atoms with E-state index in [1.54, 1.807) is 29.2 Å². The molecule has 1 fully saturated rings. The number of hydrogen-bond acceptors (Lipinski definition) is 6. The van der Waals surface area contributed by atoms with Crippen molar-refractivity contribution in [3.8, 4) is 0 Å². The van der Waals surface area contributed by atoms with Gasteiger partial charge in [0.25, 0.3) is 11.6 Å². The van der Waals surface area contributed by atoms with Gasteiger partial charge in [0.1, 0.15) is 5.56 Å². The topological polar surface area (TPSA) is 119 Å². The predicted octanol–water partition coefficient (Wildman–Crippen LogP) is 2.52. The molecule has 0 atom stereocenters. The first kappa shape index (κ1) is 19.0. The highest BCUT2D eigenvalue weighted by molar-refractivity contribution is 5.98. The number of nitro benzene ring substituents is 1. The van der Waals surface area contributed by atoms with Gasteiger partial charge in [0.15, 0.2) is 6.61 Å². The Morgan fingerprint density at radius 1 is 1.14 bits per heavy atom. The largest absolute Gasteiger partial charge is 0.452 e. The van der Waals surface area contributed by atoms with Crippen LogP contribution in [0.3, 0.4) is 0 Å². The maximum atomic E-state index is 12.0. The van der Waals surface area contributed by atoms with Crippen molar-refractivity contribution < 1.29 is 24.0 Å². The number of amides is 2. The van der Waals surface area contributed by atoms with Gasteiger partial charge in [0.05, 0.1) is 4.92 Å². The molecule has 28 heavy (non-hydrogen) atoms. The summed E-state index contributed by atoms with van der Waals surface area (Å²) in [6.45, 7) is 0.0867. The monoisotopic (exact) mass is 383 g/mol. The van der Waals surface area contributed by atoms with Crippen molar-refractivity contribution in [2.75, 3.05) is 23.4 Å². The van der Waals surface area contributed by atoms with Crippen LogP contribution >= 0.6 is 0 Å². The Morgan fingerprint density at radius 3 is 2.50 bits per heavy atom.